The van der Waals surface area contributed by atoms with Gasteiger partial charge in [-0.3, -0.25) is 9.48 Å². The van der Waals surface area contributed by atoms with Crippen molar-refractivity contribution in [1.82, 2.24) is 24.7 Å². The average molecular weight is 644 g/mol. The summed E-state index contributed by atoms with van der Waals surface area (Å²) in [5, 5.41) is 20.0. The van der Waals surface area contributed by atoms with E-state index >= 15 is 0 Å². The number of rotatable bonds is 12. The number of hydrogen-bond donors (Lipinski definition) is 3. The highest BCUT2D eigenvalue weighted by Gasteiger charge is 2.29. The fourth-order valence-corrected chi connectivity index (χ4v) is 4.36. The van der Waals surface area contributed by atoms with Crippen LogP contribution >= 0.6 is 0 Å². The van der Waals surface area contributed by atoms with E-state index < -0.39 is 42.3 Å². The van der Waals surface area contributed by atoms with E-state index in [9.17, 15) is 31.9 Å². The lowest BCUT2D eigenvalue weighted by atomic mass is 10.1. The number of hydrogen-bond acceptors (Lipinski definition) is 9. The summed E-state index contributed by atoms with van der Waals surface area (Å²) in [6, 6.07) is 11.4. The molecule has 3 heterocycles. The van der Waals surface area contributed by atoms with E-state index in [0.29, 0.717) is 41.0 Å². The van der Waals surface area contributed by atoms with Crippen molar-refractivity contribution in [2.45, 2.75) is 26.1 Å². The topological polar surface area (TPSA) is 136 Å². The van der Waals surface area contributed by atoms with Crippen molar-refractivity contribution in [1.29, 1.82) is 0 Å². The fourth-order valence-electron chi connectivity index (χ4n) is 4.36. The number of aliphatic hydroxyl groups is 1. The molecule has 16 heteroatoms. The maximum absolute atomic E-state index is 14.9. The van der Waals surface area contributed by atoms with E-state index in [-0.39, 0.29) is 42.2 Å². The number of fused-ring (bicyclic) bond motifs is 1. The van der Waals surface area contributed by atoms with Crippen LogP contribution in [0.2, 0.25) is 0 Å². The van der Waals surface area contributed by atoms with Crippen LogP contribution in [-0.4, -0.2) is 61.7 Å². The third kappa shape index (κ3) is 7.82. The zero-order chi connectivity index (χ0) is 32.8. The minimum Gasteiger partial charge on any atom is -0.488 e. The number of aromatic nitrogens is 5. The van der Waals surface area contributed by atoms with E-state index in [4.69, 9.17) is 4.74 Å². The van der Waals surface area contributed by atoms with Gasteiger partial charge in [0, 0.05) is 61.0 Å². The van der Waals surface area contributed by atoms with E-state index in [1.807, 2.05) is 0 Å². The van der Waals surface area contributed by atoms with Gasteiger partial charge in [-0.15, -0.1) is 0 Å². The zero-order valence-corrected chi connectivity index (χ0v) is 24.1. The number of para-hydroxylation sites is 1. The van der Waals surface area contributed by atoms with Crippen molar-refractivity contribution in [3.8, 4) is 23.0 Å². The monoisotopic (exact) mass is 643 g/mol. The Morgan fingerprint density at radius 3 is 2.52 bits per heavy atom. The van der Waals surface area contributed by atoms with Crippen LogP contribution in [-0.2, 0) is 11.3 Å². The molecule has 46 heavy (non-hydrogen) atoms. The summed E-state index contributed by atoms with van der Waals surface area (Å²) in [6.45, 7) is -0.692. The molecule has 3 N–H and O–H groups in total. The molecule has 5 rings (SSSR count). The summed E-state index contributed by atoms with van der Waals surface area (Å²) >= 11 is 0. The molecule has 3 aromatic heterocycles. The number of ether oxygens (including phenoxy) is 2. The summed E-state index contributed by atoms with van der Waals surface area (Å²) < 4.78 is 79.0. The standard InChI is InChI=1S/C30H26F5N7O4/c1-17(44)38-26-11-18(7-8-36-26)39-28-25(45-10-4-9-43)14-37-29(40-28)27-20-5-2-3-6-24(20)42(41-27)15-21-22(31)12-19(13-23(21)32)46-16-30(33,34)35/h2-3,5-8,11-14,43H,4,9-10,15-16H2,1H3,(H2,36,37,38,39,40,44). The number of aliphatic hydroxyl groups excluding tert-OH is 1. The largest absolute Gasteiger partial charge is 0.488 e. The van der Waals surface area contributed by atoms with E-state index in [0.717, 1.165) is 0 Å². The minimum absolute atomic E-state index is 0.0972. The molecule has 0 unspecified atom stereocenters. The number of nitrogens with zero attached hydrogens (tertiary/aromatic N) is 5. The second-order valence-electron chi connectivity index (χ2n) is 9.86. The number of halogens is 5. The van der Waals surface area contributed by atoms with E-state index in [2.05, 4.69) is 35.4 Å². The zero-order valence-electron chi connectivity index (χ0n) is 24.1. The van der Waals surface area contributed by atoms with Gasteiger partial charge in [0.05, 0.1) is 24.9 Å². The van der Waals surface area contributed by atoms with Crippen LogP contribution in [0.25, 0.3) is 22.4 Å². The average Bonchev–Trinajstić information content (AvgIpc) is 3.36. The molecular formula is C30H26F5N7O4. The first-order valence-electron chi connectivity index (χ1n) is 13.8. The number of benzene rings is 2. The van der Waals surface area contributed by atoms with Crippen LogP contribution < -0.4 is 20.1 Å². The molecule has 0 bridgehead atoms. The Bertz CT molecular complexity index is 1840. The molecule has 5 aromatic rings. The quantitative estimate of drug-likeness (QED) is 0.117. The van der Waals surface area contributed by atoms with Crippen LogP contribution in [0.15, 0.2) is 60.9 Å². The molecular weight excluding hydrogens is 617 g/mol. The van der Waals surface area contributed by atoms with E-state index in [1.165, 1.54) is 24.0 Å². The van der Waals surface area contributed by atoms with Crippen molar-refractivity contribution in [3.05, 3.63) is 78.1 Å². The molecule has 0 aliphatic heterocycles. The Balaban J connectivity index is 1.50. The summed E-state index contributed by atoms with van der Waals surface area (Å²) in [5.74, 6) is -2.25. The normalized spacial score (nSPS) is 11.5. The van der Waals surface area contributed by atoms with Gasteiger partial charge in [-0.25, -0.2) is 23.7 Å². The van der Waals surface area contributed by atoms with Crippen molar-refractivity contribution in [3.63, 3.8) is 0 Å². The van der Waals surface area contributed by atoms with Crippen molar-refractivity contribution >= 4 is 34.1 Å². The van der Waals surface area contributed by atoms with Gasteiger partial charge >= 0.3 is 6.18 Å². The molecule has 2 aromatic carbocycles. The van der Waals surface area contributed by atoms with Crippen LogP contribution in [0.3, 0.4) is 0 Å². The SMILES string of the molecule is CC(=O)Nc1cc(Nc2nc(-c3nn(Cc4c(F)cc(OCC(F)(F)F)cc4F)c4ccccc34)ncc2OCCCO)ccn1. The Labute approximate surface area is 258 Å². The Morgan fingerprint density at radius 2 is 1.80 bits per heavy atom. The van der Waals surface area contributed by atoms with Gasteiger partial charge in [0.1, 0.15) is 28.9 Å². The molecule has 0 aliphatic rings. The van der Waals surface area contributed by atoms with Crippen LogP contribution in [0, 0.1) is 11.6 Å². The maximum atomic E-state index is 14.9. The predicted octanol–water partition coefficient (Wildman–Crippen LogP) is 5.62. The third-order valence-corrected chi connectivity index (χ3v) is 6.34. The molecule has 11 nitrogen and oxygen atoms in total. The van der Waals surface area contributed by atoms with Gasteiger partial charge in [0.2, 0.25) is 5.91 Å². The molecule has 0 spiro atoms. The highest BCUT2D eigenvalue weighted by molar-refractivity contribution is 5.92. The number of carbonyl (C=O) groups is 1. The number of carbonyl (C=O) groups excluding carboxylic acids is 1. The van der Waals surface area contributed by atoms with E-state index in [1.54, 1.807) is 36.4 Å². The first-order valence-corrected chi connectivity index (χ1v) is 13.8. The molecule has 240 valence electrons. The van der Waals surface area contributed by atoms with Gasteiger partial charge in [0.25, 0.3) is 0 Å². The fraction of sp³-hybridized carbons (Fsp3) is 0.233. The predicted molar refractivity (Wildman–Crippen MR) is 157 cm³/mol. The van der Waals surface area contributed by atoms with Crippen LogP contribution in [0.1, 0.15) is 18.9 Å². The van der Waals surface area contributed by atoms with Crippen LogP contribution in [0.4, 0.5) is 39.3 Å². The summed E-state index contributed by atoms with van der Waals surface area (Å²) in [5.41, 5.74) is 0.798. The minimum atomic E-state index is -4.68. The number of amides is 1. The molecule has 0 atom stereocenters. The van der Waals surface area contributed by atoms with Gasteiger partial charge in [-0.2, -0.15) is 18.3 Å². The van der Waals surface area contributed by atoms with Crippen molar-refractivity contribution in [2.24, 2.45) is 0 Å². The molecule has 1 amide bonds. The van der Waals surface area contributed by atoms with Crippen molar-refractivity contribution < 1.29 is 41.3 Å². The molecule has 0 saturated carbocycles. The number of pyridine rings is 1. The lowest BCUT2D eigenvalue weighted by Gasteiger charge is -2.13. The maximum Gasteiger partial charge on any atom is 0.422 e. The summed E-state index contributed by atoms with van der Waals surface area (Å²) in [4.78, 5) is 24.6. The Morgan fingerprint density at radius 1 is 1.04 bits per heavy atom. The molecule has 0 radical (unpaired) electrons. The number of anilines is 3. The van der Waals surface area contributed by atoms with Gasteiger partial charge < -0.3 is 25.2 Å². The number of alkyl halides is 3. The second-order valence-corrected chi connectivity index (χ2v) is 9.86. The molecule has 0 aliphatic carbocycles. The van der Waals surface area contributed by atoms with Gasteiger partial charge in [0.15, 0.2) is 24.0 Å². The summed E-state index contributed by atoms with van der Waals surface area (Å²) in [7, 11) is 0. The lowest BCUT2D eigenvalue weighted by Crippen LogP contribution is -2.19. The number of nitrogens with one attached hydrogen (secondary N) is 2. The first kappa shape index (κ1) is 32.0. The smallest absolute Gasteiger partial charge is 0.422 e. The lowest BCUT2D eigenvalue weighted by molar-refractivity contribution is -0.153. The van der Waals surface area contributed by atoms with Crippen molar-refractivity contribution in [2.75, 3.05) is 30.5 Å². The third-order valence-electron chi connectivity index (χ3n) is 6.34. The van der Waals surface area contributed by atoms with Crippen LogP contribution in [0.5, 0.6) is 11.5 Å². The van der Waals surface area contributed by atoms with Gasteiger partial charge in [-0.05, 0) is 12.1 Å². The molecule has 0 fully saturated rings. The molecule has 0 saturated heterocycles. The Kier molecular flexibility index (Phi) is 9.55. The second kappa shape index (κ2) is 13.7. The highest BCUT2D eigenvalue weighted by atomic mass is 19.4. The Hall–Kier alpha value is -5.38. The highest BCUT2D eigenvalue weighted by Crippen LogP contribution is 2.32. The first-order chi connectivity index (χ1) is 22.0. The van der Waals surface area contributed by atoms with Gasteiger partial charge in [-0.1, -0.05) is 18.2 Å². The summed E-state index contributed by atoms with van der Waals surface area (Å²) in [6.07, 6.45) is -1.44.